The number of methoxy groups -OCH3 is 2. The van der Waals surface area contributed by atoms with Crippen LogP contribution in [0, 0.1) is 5.82 Å². The molecule has 35 heavy (non-hydrogen) atoms. The molecule has 1 fully saturated rings. The minimum atomic E-state index is -0.425. The second kappa shape index (κ2) is 9.67. The lowest BCUT2D eigenvalue weighted by molar-refractivity contribution is 0.400. The number of aromatic nitrogens is 1. The number of nitrogens with one attached hydrogen (secondary N) is 1. The summed E-state index contributed by atoms with van der Waals surface area (Å²) in [6.07, 6.45) is 1.73. The minimum Gasteiger partial charge on any atom is -0.497 e. The van der Waals surface area contributed by atoms with Crippen molar-refractivity contribution in [1.29, 1.82) is 0 Å². The third-order valence-corrected chi connectivity index (χ3v) is 6.67. The summed E-state index contributed by atoms with van der Waals surface area (Å²) in [5, 5.41) is 3.86. The molecule has 0 aliphatic carbocycles. The summed E-state index contributed by atoms with van der Waals surface area (Å²) < 4.78 is 32.7. The first-order chi connectivity index (χ1) is 17.0. The van der Waals surface area contributed by atoms with E-state index in [1.807, 2.05) is 47.4 Å². The van der Waals surface area contributed by atoms with E-state index in [-0.39, 0.29) is 11.9 Å². The standard InChI is InChI=1S/C26H21BrFN3O3S/c1-32-16-7-9-22(33-2)20(14-16)31-25(24(30-26(31)35)19-5-3-4-12-29-19)23-11-10-21(34-23)17-8-6-15(27)13-18(17)28/h3-14,24-25H,1-2H3,(H,30,35)/t24-,25+/m0/s1. The Morgan fingerprint density at radius 2 is 1.91 bits per heavy atom. The van der Waals surface area contributed by atoms with Crippen molar-refractivity contribution < 1.29 is 18.3 Å². The van der Waals surface area contributed by atoms with Crippen molar-refractivity contribution in [3.8, 4) is 22.8 Å². The van der Waals surface area contributed by atoms with Gasteiger partial charge in [0, 0.05) is 16.7 Å². The summed E-state index contributed by atoms with van der Waals surface area (Å²) in [4.78, 5) is 6.48. The Morgan fingerprint density at radius 3 is 2.63 bits per heavy atom. The summed E-state index contributed by atoms with van der Waals surface area (Å²) in [6, 6.07) is 18.9. The number of hydrogen-bond donors (Lipinski definition) is 1. The Morgan fingerprint density at radius 1 is 1.06 bits per heavy atom. The summed E-state index contributed by atoms with van der Waals surface area (Å²) in [6.45, 7) is 0. The van der Waals surface area contributed by atoms with Gasteiger partial charge in [-0.1, -0.05) is 22.0 Å². The molecular weight excluding hydrogens is 533 g/mol. The Balaban J connectivity index is 1.65. The van der Waals surface area contributed by atoms with Gasteiger partial charge in [0.25, 0.3) is 0 Å². The Labute approximate surface area is 215 Å². The number of pyridine rings is 1. The molecule has 0 spiro atoms. The molecule has 2 aromatic heterocycles. The zero-order valence-corrected chi connectivity index (χ0v) is 21.3. The van der Waals surface area contributed by atoms with Gasteiger partial charge in [0.05, 0.1) is 37.2 Å². The maximum Gasteiger partial charge on any atom is 0.174 e. The molecule has 1 aliphatic heterocycles. The molecule has 1 N–H and O–H groups in total. The third-order valence-electron chi connectivity index (χ3n) is 5.86. The number of benzene rings is 2. The highest BCUT2D eigenvalue weighted by atomic mass is 79.9. The molecule has 0 radical (unpaired) electrons. The van der Waals surface area contributed by atoms with E-state index in [1.165, 1.54) is 6.07 Å². The smallest absolute Gasteiger partial charge is 0.174 e. The Bertz CT molecular complexity index is 1380. The van der Waals surface area contributed by atoms with E-state index < -0.39 is 6.04 Å². The monoisotopic (exact) mass is 553 g/mol. The zero-order valence-electron chi connectivity index (χ0n) is 18.9. The number of rotatable bonds is 6. The van der Waals surface area contributed by atoms with E-state index in [1.54, 1.807) is 38.6 Å². The topological polar surface area (TPSA) is 59.8 Å². The lowest BCUT2D eigenvalue weighted by atomic mass is 10.0. The summed E-state index contributed by atoms with van der Waals surface area (Å²) >= 11 is 9.08. The van der Waals surface area contributed by atoms with Crippen LogP contribution in [0.2, 0.25) is 0 Å². The van der Waals surface area contributed by atoms with Crippen molar-refractivity contribution in [1.82, 2.24) is 10.3 Å². The van der Waals surface area contributed by atoms with Crippen LogP contribution in [0.25, 0.3) is 11.3 Å². The van der Waals surface area contributed by atoms with Crippen LogP contribution in [-0.2, 0) is 0 Å². The van der Waals surface area contributed by atoms with Gasteiger partial charge in [0.15, 0.2) is 5.11 Å². The van der Waals surface area contributed by atoms with Gasteiger partial charge >= 0.3 is 0 Å². The molecule has 0 amide bonds. The highest BCUT2D eigenvalue weighted by Crippen LogP contribution is 2.46. The van der Waals surface area contributed by atoms with Crippen LogP contribution in [-0.4, -0.2) is 24.3 Å². The highest BCUT2D eigenvalue weighted by Gasteiger charge is 2.43. The van der Waals surface area contributed by atoms with Crippen molar-refractivity contribution in [3.63, 3.8) is 0 Å². The predicted octanol–water partition coefficient (Wildman–Crippen LogP) is 6.44. The van der Waals surface area contributed by atoms with Crippen LogP contribution in [0.4, 0.5) is 10.1 Å². The van der Waals surface area contributed by atoms with Crippen LogP contribution >= 0.6 is 28.1 Å². The number of ether oxygens (including phenoxy) is 2. The van der Waals surface area contributed by atoms with Crippen LogP contribution in [0.5, 0.6) is 11.5 Å². The number of hydrogen-bond acceptors (Lipinski definition) is 5. The molecule has 1 aliphatic rings. The fraction of sp³-hybridized carbons (Fsp3) is 0.154. The van der Waals surface area contributed by atoms with Crippen molar-refractivity contribution in [2.45, 2.75) is 12.1 Å². The van der Waals surface area contributed by atoms with E-state index in [0.717, 1.165) is 5.69 Å². The fourth-order valence-electron chi connectivity index (χ4n) is 4.23. The molecule has 5 rings (SSSR count). The number of halogens is 2. The number of thiocarbonyl (C=S) groups is 1. The lowest BCUT2D eigenvalue weighted by Gasteiger charge is -2.27. The molecule has 4 aromatic rings. The molecule has 0 unspecified atom stereocenters. The maximum atomic E-state index is 14.7. The van der Waals surface area contributed by atoms with Crippen molar-refractivity contribution in [2.24, 2.45) is 0 Å². The first-order valence-electron chi connectivity index (χ1n) is 10.8. The van der Waals surface area contributed by atoms with Crippen molar-refractivity contribution in [2.75, 3.05) is 19.1 Å². The molecule has 178 valence electrons. The van der Waals surface area contributed by atoms with Gasteiger partial charge < -0.3 is 24.1 Å². The van der Waals surface area contributed by atoms with Gasteiger partial charge in [0.1, 0.15) is 34.9 Å². The van der Waals surface area contributed by atoms with Gasteiger partial charge in [-0.2, -0.15) is 0 Å². The molecule has 9 heteroatoms. The zero-order chi connectivity index (χ0) is 24.5. The van der Waals surface area contributed by atoms with Gasteiger partial charge in [0.2, 0.25) is 0 Å². The second-order valence-electron chi connectivity index (χ2n) is 7.86. The Hall–Kier alpha value is -3.43. The van der Waals surface area contributed by atoms with Crippen LogP contribution in [0.15, 0.2) is 81.8 Å². The maximum absolute atomic E-state index is 14.7. The summed E-state index contributed by atoms with van der Waals surface area (Å²) in [5.74, 6) is 1.90. The summed E-state index contributed by atoms with van der Waals surface area (Å²) in [7, 11) is 3.20. The van der Waals surface area contributed by atoms with Crippen LogP contribution in [0.3, 0.4) is 0 Å². The fourth-order valence-corrected chi connectivity index (χ4v) is 4.91. The molecule has 6 nitrogen and oxygen atoms in total. The average molecular weight is 554 g/mol. The van der Waals surface area contributed by atoms with E-state index >= 15 is 0 Å². The van der Waals surface area contributed by atoms with Crippen molar-refractivity contribution in [3.05, 3.63) is 94.7 Å². The SMILES string of the molecule is COc1ccc(OC)c(N2C(=S)N[C@@H](c3ccccn3)[C@H]2c2ccc(-c3ccc(Br)cc3F)o2)c1. The first-order valence-corrected chi connectivity index (χ1v) is 12.0. The normalized spacial score (nSPS) is 17.4. The molecule has 2 atom stereocenters. The summed E-state index contributed by atoms with van der Waals surface area (Å²) in [5.41, 5.74) is 1.87. The molecular formula is C26H21BrFN3O3S. The van der Waals surface area contributed by atoms with E-state index in [2.05, 4.69) is 26.2 Å². The van der Waals surface area contributed by atoms with Gasteiger partial charge in [-0.25, -0.2) is 4.39 Å². The number of nitrogens with zero attached hydrogens (tertiary/aromatic N) is 2. The van der Waals surface area contributed by atoms with Crippen molar-refractivity contribution >= 4 is 38.9 Å². The Kier molecular flexibility index (Phi) is 6.44. The van der Waals surface area contributed by atoms with E-state index in [9.17, 15) is 4.39 Å². The van der Waals surface area contributed by atoms with E-state index in [0.29, 0.717) is 43.9 Å². The quantitative estimate of drug-likeness (QED) is 0.276. The van der Waals surface area contributed by atoms with Gasteiger partial charge in [-0.05, 0) is 66.8 Å². The van der Waals surface area contributed by atoms with Gasteiger partial charge in [-0.3, -0.25) is 4.98 Å². The predicted molar refractivity (Wildman–Crippen MR) is 139 cm³/mol. The average Bonchev–Trinajstić information content (AvgIpc) is 3.48. The number of furan rings is 1. The highest BCUT2D eigenvalue weighted by molar-refractivity contribution is 9.10. The number of anilines is 1. The molecule has 3 heterocycles. The molecule has 0 saturated carbocycles. The van der Waals surface area contributed by atoms with E-state index in [4.69, 9.17) is 26.1 Å². The third kappa shape index (κ3) is 4.37. The van der Waals surface area contributed by atoms with Gasteiger partial charge in [-0.15, -0.1) is 0 Å². The minimum absolute atomic E-state index is 0.326. The molecule has 0 bridgehead atoms. The second-order valence-corrected chi connectivity index (χ2v) is 9.16. The first kappa shape index (κ1) is 23.3. The lowest BCUT2D eigenvalue weighted by Crippen LogP contribution is -2.29. The largest absolute Gasteiger partial charge is 0.497 e. The van der Waals surface area contributed by atoms with Crippen LogP contribution < -0.4 is 19.7 Å². The molecule has 2 aromatic carbocycles. The van der Waals surface area contributed by atoms with Crippen LogP contribution in [0.1, 0.15) is 23.5 Å². The molecule has 1 saturated heterocycles.